The Balaban J connectivity index is 4.43. The number of hydrogen-bond acceptors (Lipinski definition) is 7. The molecule has 0 radical (unpaired) electrons. The molecule has 0 spiro atoms. The van der Waals surface area contributed by atoms with Crippen LogP contribution in [0, 0.1) is 5.92 Å². The van der Waals surface area contributed by atoms with Crippen LogP contribution in [0.4, 0.5) is 0 Å². The quantitative estimate of drug-likeness (QED) is 0.179. The van der Waals surface area contributed by atoms with Crippen molar-refractivity contribution in [3.8, 4) is 0 Å². The zero-order valence-electron chi connectivity index (χ0n) is 9.75. The van der Waals surface area contributed by atoms with Crippen LogP contribution in [0.15, 0.2) is 0 Å². The predicted molar refractivity (Wildman–Crippen MR) is 59.7 cm³/mol. The third-order valence-corrected chi connectivity index (χ3v) is 2.67. The Morgan fingerprint density at radius 3 is 2.37 bits per heavy atom. The van der Waals surface area contributed by atoms with Crippen molar-refractivity contribution < 1.29 is 43.8 Å². The van der Waals surface area contributed by atoms with Crippen molar-refractivity contribution in [1.29, 1.82) is 0 Å². The molecule has 11 heteroatoms. The summed E-state index contributed by atoms with van der Waals surface area (Å²) in [6.45, 7) is -1.90. The van der Waals surface area contributed by atoms with Crippen molar-refractivity contribution >= 4 is 20.0 Å². The second-order valence-electron chi connectivity index (χ2n) is 3.63. The van der Waals surface area contributed by atoms with Gasteiger partial charge in [0.15, 0.2) is 5.78 Å². The molecule has 112 valence electrons. The van der Waals surface area contributed by atoms with Gasteiger partial charge in [-0.15, -0.1) is 0 Å². The van der Waals surface area contributed by atoms with Gasteiger partial charge in [-0.3, -0.25) is 14.1 Å². The number of Topliss-reactive ketones (excluding diaryl/α,β-unsaturated/α-hetero) is 1. The highest BCUT2D eigenvalue weighted by Gasteiger charge is 2.32. The zero-order valence-corrected chi connectivity index (χ0v) is 10.6. The number of phosphoric acid groups is 1. The van der Waals surface area contributed by atoms with Crippen LogP contribution < -0.4 is 5.32 Å². The molecule has 0 aliphatic heterocycles. The molecular weight excluding hydrogens is 285 g/mol. The number of nitrogens with one attached hydrogen (secondary N) is 1. The molecule has 10 nitrogen and oxygen atoms in total. The lowest BCUT2D eigenvalue weighted by Gasteiger charge is -2.24. The number of carbonyl (C=O) groups is 2. The van der Waals surface area contributed by atoms with Gasteiger partial charge in [0.25, 0.3) is 0 Å². The minimum Gasteiger partial charge on any atom is -0.396 e. The molecule has 0 fully saturated rings. The van der Waals surface area contributed by atoms with Gasteiger partial charge < -0.3 is 30.4 Å². The van der Waals surface area contributed by atoms with E-state index in [1.807, 2.05) is 0 Å². The Bertz CT molecular complexity index is 343. The van der Waals surface area contributed by atoms with Gasteiger partial charge in [0, 0.05) is 12.5 Å². The Hall–Kier alpha value is -0.870. The lowest BCUT2D eigenvalue weighted by molar-refractivity contribution is -0.138. The van der Waals surface area contributed by atoms with E-state index in [2.05, 4.69) is 9.84 Å². The van der Waals surface area contributed by atoms with E-state index in [4.69, 9.17) is 14.9 Å². The van der Waals surface area contributed by atoms with Gasteiger partial charge >= 0.3 is 7.82 Å². The summed E-state index contributed by atoms with van der Waals surface area (Å²) in [4.78, 5) is 38.1. The molecule has 0 unspecified atom stereocenters. The van der Waals surface area contributed by atoms with Crippen molar-refractivity contribution in [3.63, 3.8) is 0 Å². The molecular formula is C8H16NO9P. The van der Waals surface area contributed by atoms with E-state index in [0.29, 0.717) is 6.41 Å². The van der Waals surface area contributed by atoms with Gasteiger partial charge in [0.05, 0.1) is 12.7 Å². The van der Waals surface area contributed by atoms with Crippen molar-refractivity contribution in [2.45, 2.75) is 12.2 Å². The minimum absolute atomic E-state index is 0.190. The van der Waals surface area contributed by atoms with E-state index in [-0.39, 0.29) is 6.54 Å². The average Bonchev–Trinajstić information content (AvgIpc) is 2.34. The summed E-state index contributed by atoms with van der Waals surface area (Å²) in [5.41, 5.74) is 0. The molecule has 19 heavy (non-hydrogen) atoms. The van der Waals surface area contributed by atoms with Crippen LogP contribution in [-0.2, 0) is 18.7 Å². The normalized spacial score (nSPS) is 16.5. The summed E-state index contributed by atoms with van der Waals surface area (Å²) in [6, 6.07) is 0. The SMILES string of the molecule is O=CNC[C@H](CO)[C@@H](O)[C@H](O)C(=O)COP(=O)(O)O. The zero-order chi connectivity index (χ0) is 15.1. The maximum atomic E-state index is 11.3. The molecule has 0 aromatic carbocycles. The molecule has 1 amide bonds. The monoisotopic (exact) mass is 301 g/mol. The van der Waals surface area contributed by atoms with Crippen molar-refractivity contribution in [2.75, 3.05) is 19.8 Å². The van der Waals surface area contributed by atoms with Crippen LogP contribution >= 0.6 is 7.82 Å². The maximum Gasteiger partial charge on any atom is 0.470 e. The molecule has 0 aromatic rings. The lowest BCUT2D eigenvalue weighted by Crippen LogP contribution is -2.45. The number of rotatable bonds is 10. The summed E-state index contributed by atoms with van der Waals surface area (Å²) in [5, 5.41) is 30.1. The minimum atomic E-state index is -4.86. The highest BCUT2D eigenvalue weighted by Crippen LogP contribution is 2.35. The molecule has 3 atom stereocenters. The summed E-state index contributed by atoms with van der Waals surface area (Å²) in [6.07, 6.45) is -3.41. The lowest BCUT2D eigenvalue weighted by atomic mass is 9.96. The van der Waals surface area contributed by atoms with E-state index in [0.717, 1.165) is 0 Å². The first kappa shape index (κ1) is 18.1. The van der Waals surface area contributed by atoms with Crippen molar-refractivity contribution in [3.05, 3.63) is 0 Å². The van der Waals surface area contributed by atoms with Crippen LogP contribution in [0.2, 0.25) is 0 Å². The second-order valence-corrected chi connectivity index (χ2v) is 4.87. The van der Waals surface area contributed by atoms with E-state index in [9.17, 15) is 24.4 Å². The Morgan fingerprint density at radius 2 is 1.95 bits per heavy atom. The number of amides is 1. The topological polar surface area (TPSA) is 174 Å². The fraction of sp³-hybridized carbons (Fsp3) is 0.750. The molecule has 0 aliphatic rings. The van der Waals surface area contributed by atoms with Crippen LogP contribution in [0.5, 0.6) is 0 Å². The largest absolute Gasteiger partial charge is 0.470 e. The molecule has 0 aliphatic carbocycles. The molecule has 0 saturated heterocycles. The van der Waals surface area contributed by atoms with Crippen LogP contribution in [0.3, 0.4) is 0 Å². The molecule has 0 aromatic heterocycles. The van der Waals surface area contributed by atoms with E-state index < -0.39 is 44.9 Å². The Morgan fingerprint density at radius 1 is 1.37 bits per heavy atom. The maximum absolute atomic E-state index is 11.3. The molecule has 6 N–H and O–H groups in total. The molecule has 0 saturated carbocycles. The smallest absolute Gasteiger partial charge is 0.396 e. The fourth-order valence-electron chi connectivity index (χ4n) is 1.17. The van der Waals surface area contributed by atoms with Gasteiger partial charge in [-0.25, -0.2) is 4.57 Å². The number of aliphatic hydroxyl groups is 3. The van der Waals surface area contributed by atoms with Crippen molar-refractivity contribution in [1.82, 2.24) is 5.32 Å². The highest BCUT2D eigenvalue weighted by molar-refractivity contribution is 7.46. The fourth-order valence-corrected chi connectivity index (χ4v) is 1.47. The number of aliphatic hydroxyl groups excluding tert-OH is 3. The third kappa shape index (κ3) is 7.33. The Labute approximate surface area is 108 Å². The molecule has 0 bridgehead atoms. The molecule has 0 heterocycles. The van der Waals surface area contributed by atoms with E-state index in [1.54, 1.807) is 0 Å². The van der Waals surface area contributed by atoms with Crippen LogP contribution in [0.1, 0.15) is 0 Å². The third-order valence-electron chi connectivity index (χ3n) is 2.21. The first-order chi connectivity index (χ1) is 8.72. The standard InChI is InChI=1S/C8H16NO9P/c10-2-5(1-9-4-11)7(13)8(14)6(12)3-18-19(15,16)17/h4-5,7-8,10,13-14H,1-3H2,(H,9,11)(H2,15,16,17)/t5-,7-,8-/m1/s1. The summed E-state index contributed by atoms with van der Waals surface area (Å²) >= 11 is 0. The first-order valence-corrected chi connectivity index (χ1v) is 6.62. The number of phosphoric ester groups is 1. The highest BCUT2D eigenvalue weighted by atomic mass is 31.2. The summed E-state index contributed by atoms with van der Waals surface area (Å²) in [5.74, 6) is -2.18. The second kappa shape index (κ2) is 8.33. The first-order valence-electron chi connectivity index (χ1n) is 5.09. The van der Waals surface area contributed by atoms with Gasteiger partial charge in [-0.1, -0.05) is 0 Å². The van der Waals surface area contributed by atoms with Crippen LogP contribution in [0.25, 0.3) is 0 Å². The molecule has 0 rings (SSSR count). The predicted octanol–water partition coefficient (Wildman–Crippen LogP) is -3.26. The van der Waals surface area contributed by atoms with E-state index in [1.165, 1.54) is 0 Å². The van der Waals surface area contributed by atoms with Crippen LogP contribution in [-0.4, -0.2) is 69.3 Å². The summed E-state index contributed by atoms with van der Waals surface area (Å²) in [7, 11) is -4.86. The average molecular weight is 301 g/mol. The van der Waals surface area contributed by atoms with Gasteiger partial charge in [-0.05, 0) is 0 Å². The number of ketones is 1. The summed E-state index contributed by atoms with van der Waals surface area (Å²) < 4.78 is 14.2. The number of hydrogen-bond donors (Lipinski definition) is 6. The van der Waals surface area contributed by atoms with Gasteiger partial charge in [-0.2, -0.15) is 0 Å². The van der Waals surface area contributed by atoms with Crippen molar-refractivity contribution in [2.24, 2.45) is 5.92 Å². The van der Waals surface area contributed by atoms with E-state index >= 15 is 0 Å². The van der Waals surface area contributed by atoms with Gasteiger partial charge in [0.2, 0.25) is 6.41 Å². The van der Waals surface area contributed by atoms with Gasteiger partial charge in [0.1, 0.15) is 12.7 Å². The Kier molecular flexibility index (Phi) is 7.95. The number of carbonyl (C=O) groups excluding carboxylic acids is 2.